The molecule has 2 aromatic rings. The number of halogens is 4. The van der Waals surface area contributed by atoms with Crippen molar-refractivity contribution in [2.75, 3.05) is 11.9 Å². The maximum atomic E-state index is 13.6. The number of ether oxygens (including phenoxy) is 1. The van der Waals surface area contributed by atoms with Gasteiger partial charge in [-0.2, -0.15) is 8.78 Å². The molecule has 1 atom stereocenters. The third-order valence-electron chi connectivity index (χ3n) is 4.43. The van der Waals surface area contributed by atoms with E-state index in [1.165, 1.54) is 11.3 Å². The number of thiophene rings is 1. The first-order valence-corrected chi connectivity index (χ1v) is 9.20. The zero-order valence-corrected chi connectivity index (χ0v) is 15.5. The third kappa shape index (κ3) is 3.82. The third-order valence-corrected chi connectivity index (χ3v) is 5.60. The summed E-state index contributed by atoms with van der Waals surface area (Å²) in [6.45, 7) is 1.15. The van der Waals surface area contributed by atoms with Gasteiger partial charge in [0, 0.05) is 10.9 Å². The van der Waals surface area contributed by atoms with Gasteiger partial charge in [-0.15, -0.1) is 11.3 Å². The minimum Gasteiger partial charge on any atom is -0.477 e. The van der Waals surface area contributed by atoms with Crippen molar-refractivity contribution in [2.45, 2.75) is 26.2 Å². The van der Waals surface area contributed by atoms with Crippen LogP contribution in [0.5, 0.6) is 5.75 Å². The lowest BCUT2D eigenvalue weighted by atomic mass is 9.88. The van der Waals surface area contributed by atoms with E-state index in [-0.39, 0.29) is 16.6 Å². The first-order chi connectivity index (χ1) is 13.2. The number of benzene rings is 1. The number of carbonyl (C=O) groups is 2. The molecule has 28 heavy (non-hydrogen) atoms. The summed E-state index contributed by atoms with van der Waals surface area (Å²) in [5.41, 5.74) is 6.43. The summed E-state index contributed by atoms with van der Waals surface area (Å²) in [6.07, 6.45) is 2.27. The van der Waals surface area contributed by atoms with Crippen LogP contribution in [-0.2, 0) is 17.6 Å². The molecule has 0 unspecified atom stereocenters. The smallest absolute Gasteiger partial charge is 0.262 e. The monoisotopic (exact) mass is 416 g/mol. The molecule has 1 aliphatic carbocycles. The van der Waals surface area contributed by atoms with Crippen LogP contribution in [0.3, 0.4) is 0 Å². The number of anilines is 1. The molecule has 0 bridgehead atoms. The highest BCUT2D eigenvalue weighted by Gasteiger charge is 2.27. The second-order valence-corrected chi connectivity index (χ2v) is 7.66. The van der Waals surface area contributed by atoms with Crippen LogP contribution >= 0.6 is 11.3 Å². The van der Waals surface area contributed by atoms with Crippen molar-refractivity contribution in [2.24, 2.45) is 11.7 Å². The van der Waals surface area contributed by atoms with Gasteiger partial charge < -0.3 is 15.8 Å². The van der Waals surface area contributed by atoms with Crippen molar-refractivity contribution in [1.82, 2.24) is 0 Å². The van der Waals surface area contributed by atoms with E-state index in [1.54, 1.807) is 0 Å². The molecule has 2 amide bonds. The van der Waals surface area contributed by atoms with E-state index in [0.29, 0.717) is 12.3 Å². The average molecular weight is 416 g/mol. The van der Waals surface area contributed by atoms with Crippen LogP contribution in [0.2, 0.25) is 0 Å². The Morgan fingerprint density at radius 1 is 1.25 bits per heavy atom. The molecule has 5 nitrogen and oxygen atoms in total. The summed E-state index contributed by atoms with van der Waals surface area (Å²) in [7, 11) is 0. The topological polar surface area (TPSA) is 81.4 Å². The Kier molecular flexibility index (Phi) is 5.59. The summed E-state index contributed by atoms with van der Waals surface area (Å²) < 4.78 is 58.2. The SMILES string of the molecule is C[C@@H]1CCc2c(sc(NC(=O)COc3c(F)c(F)cc(F)c3F)c2C(N)=O)C1. The highest BCUT2D eigenvalue weighted by molar-refractivity contribution is 7.17. The highest BCUT2D eigenvalue weighted by atomic mass is 32.1. The second-order valence-electron chi connectivity index (χ2n) is 6.55. The fourth-order valence-electron chi connectivity index (χ4n) is 3.08. The normalized spacial score (nSPS) is 15.8. The summed E-state index contributed by atoms with van der Waals surface area (Å²) in [5.74, 6) is -9.26. The number of amides is 2. The second kappa shape index (κ2) is 7.78. The van der Waals surface area contributed by atoms with Gasteiger partial charge >= 0.3 is 0 Å². The highest BCUT2D eigenvalue weighted by Crippen LogP contribution is 2.39. The number of hydrogen-bond acceptors (Lipinski definition) is 4. The van der Waals surface area contributed by atoms with E-state index in [2.05, 4.69) is 17.0 Å². The van der Waals surface area contributed by atoms with E-state index in [4.69, 9.17) is 5.73 Å². The molecule has 1 heterocycles. The van der Waals surface area contributed by atoms with Crippen LogP contribution in [0.1, 0.15) is 34.1 Å². The van der Waals surface area contributed by atoms with E-state index < -0.39 is 47.4 Å². The molecule has 0 fully saturated rings. The van der Waals surface area contributed by atoms with E-state index >= 15 is 0 Å². The number of carbonyl (C=O) groups excluding carboxylic acids is 2. The number of rotatable bonds is 5. The number of fused-ring (bicyclic) bond motifs is 1. The molecule has 0 aliphatic heterocycles. The van der Waals surface area contributed by atoms with Crippen LogP contribution in [0, 0.1) is 29.2 Å². The first kappa shape index (κ1) is 20.1. The molecule has 1 aromatic carbocycles. The predicted molar refractivity (Wildman–Crippen MR) is 94.4 cm³/mol. The lowest BCUT2D eigenvalue weighted by Crippen LogP contribution is -2.23. The van der Waals surface area contributed by atoms with E-state index in [9.17, 15) is 27.2 Å². The molecular formula is C18H16F4N2O3S. The summed E-state index contributed by atoms with van der Waals surface area (Å²) in [5, 5.41) is 2.64. The Balaban J connectivity index is 1.77. The van der Waals surface area contributed by atoms with Crippen LogP contribution < -0.4 is 15.8 Å². The standard InChI is InChI=1S/C18H16F4N2O3S/c1-7-2-3-8-11(4-7)28-18(13(8)17(23)26)24-12(25)6-27-16-14(21)9(19)5-10(20)15(16)22/h5,7H,2-4,6H2,1H3,(H2,23,26)(H,24,25)/t7-/m1/s1. The number of nitrogens with two attached hydrogens (primary N) is 1. The fourth-order valence-corrected chi connectivity index (χ4v) is 4.51. The molecule has 1 aliphatic rings. The number of primary amides is 1. The maximum absolute atomic E-state index is 13.6. The molecule has 3 N–H and O–H groups in total. The molecule has 150 valence electrons. The Morgan fingerprint density at radius 2 is 1.89 bits per heavy atom. The van der Waals surface area contributed by atoms with E-state index in [1.807, 2.05) is 0 Å². The van der Waals surface area contributed by atoms with Gasteiger partial charge in [0.25, 0.3) is 11.8 Å². The lowest BCUT2D eigenvalue weighted by Gasteiger charge is -2.18. The predicted octanol–water partition coefficient (Wildman–Crippen LogP) is 3.55. The zero-order valence-electron chi connectivity index (χ0n) is 14.7. The summed E-state index contributed by atoms with van der Waals surface area (Å²) >= 11 is 1.20. The quantitative estimate of drug-likeness (QED) is 0.578. The van der Waals surface area contributed by atoms with Crippen molar-refractivity contribution < 1.29 is 31.9 Å². The van der Waals surface area contributed by atoms with E-state index in [0.717, 1.165) is 23.3 Å². The molecule has 0 saturated carbocycles. The molecule has 0 saturated heterocycles. The van der Waals surface area contributed by atoms with Crippen molar-refractivity contribution in [3.63, 3.8) is 0 Å². The van der Waals surface area contributed by atoms with Gasteiger partial charge in [-0.25, -0.2) is 8.78 Å². The average Bonchev–Trinajstić information content (AvgIpc) is 2.96. The van der Waals surface area contributed by atoms with Gasteiger partial charge in [0.1, 0.15) is 5.00 Å². The first-order valence-electron chi connectivity index (χ1n) is 8.39. The Bertz CT molecular complexity index is 935. The summed E-state index contributed by atoms with van der Waals surface area (Å²) in [4.78, 5) is 24.9. The van der Waals surface area contributed by atoms with Gasteiger partial charge in [-0.3, -0.25) is 9.59 Å². The molecular weight excluding hydrogens is 400 g/mol. The van der Waals surface area contributed by atoms with Gasteiger partial charge in [0.2, 0.25) is 11.6 Å². The number of hydrogen-bond donors (Lipinski definition) is 2. The van der Waals surface area contributed by atoms with Crippen LogP contribution in [0.25, 0.3) is 0 Å². The van der Waals surface area contributed by atoms with Gasteiger partial charge in [0.15, 0.2) is 24.0 Å². The van der Waals surface area contributed by atoms with Crippen LogP contribution in [0.15, 0.2) is 6.07 Å². The van der Waals surface area contributed by atoms with Crippen molar-refractivity contribution >= 4 is 28.2 Å². The van der Waals surface area contributed by atoms with Crippen LogP contribution in [-0.4, -0.2) is 18.4 Å². The van der Waals surface area contributed by atoms with Gasteiger partial charge in [-0.05, 0) is 30.7 Å². The molecule has 0 radical (unpaired) electrons. The van der Waals surface area contributed by atoms with Crippen LogP contribution in [0.4, 0.5) is 22.6 Å². The molecule has 1 aromatic heterocycles. The molecule has 3 rings (SSSR count). The van der Waals surface area contributed by atoms with Crippen molar-refractivity contribution in [3.05, 3.63) is 45.3 Å². The fraction of sp³-hybridized carbons (Fsp3) is 0.333. The Hall–Kier alpha value is -2.62. The minimum absolute atomic E-state index is 0.0356. The molecule has 10 heteroatoms. The number of nitrogens with one attached hydrogen (secondary N) is 1. The Labute approximate surface area is 161 Å². The van der Waals surface area contributed by atoms with Crippen molar-refractivity contribution in [1.29, 1.82) is 0 Å². The largest absolute Gasteiger partial charge is 0.477 e. The minimum atomic E-state index is -1.75. The van der Waals surface area contributed by atoms with Gasteiger partial charge in [-0.1, -0.05) is 6.92 Å². The maximum Gasteiger partial charge on any atom is 0.262 e. The lowest BCUT2D eigenvalue weighted by molar-refractivity contribution is -0.118. The van der Waals surface area contributed by atoms with Crippen molar-refractivity contribution in [3.8, 4) is 5.75 Å². The Morgan fingerprint density at radius 3 is 2.50 bits per heavy atom. The zero-order chi connectivity index (χ0) is 20.6. The summed E-state index contributed by atoms with van der Waals surface area (Å²) in [6, 6.07) is 0.0356. The van der Waals surface area contributed by atoms with Gasteiger partial charge in [0.05, 0.1) is 5.56 Å². The molecule has 0 spiro atoms.